The van der Waals surface area contributed by atoms with Gasteiger partial charge in [0.2, 0.25) is 5.91 Å². The average Bonchev–Trinajstić information content (AvgIpc) is 2.77. The Balaban J connectivity index is 1.82. The van der Waals surface area contributed by atoms with Crippen molar-refractivity contribution in [2.75, 3.05) is 11.9 Å². The third-order valence-corrected chi connectivity index (χ3v) is 3.30. The molecule has 1 aromatic carbocycles. The Morgan fingerprint density at radius 3 is 2.67 bits per heavy atom. The molecule has 0 unspecified atom stereocenters. The van der Waals surface area contributed by atoms with E-state index in [0.717, 1.165) is 25.9 Å². The van der Waals surface area contributed by atoms with E-state index < -0.39 is 0 Å². The molecule has 0 spiro atoms. The molecule has 1 aromatic rings. The number of rotatable bonds is 4. The van der Waals surface area contributed by atoms with Crippen LogP contribution in [0.1, 0.15) is 25.7 Å². The summed E-state index contributed by atoms with van der Waals surface area (Å²) < 4.78 is 5.47. The molecular weight excluding hydrogens is 273 g/mol. The molecule has 1 aliphatic heterocycles. The predicted molar refractivity (Wildman–Crippen MR) is 73.3 cm³/mol. The van der Waals surface area contributed by atoms with E-state index in [1.807, 2.05) is 0 Å². The molecule has 0 aliphatic carbocycles. The number of benzene rings is 1. The lowest BCUT2D eigenvalue weighted by atomic mass is 10.1. The zero-order chi connectivity index (χ0) is 13.0. The van der Waals surface area contributed by atoms with Crippen LogP contribution in [0.25, 0.3) is 0 Å². The lowest BCUT2D eigenvalue weighted by Gasteiger charge is -2.09. The maximum absolute atomic E-state index is 11.7. The number of nitrogens with one attached hydrogen (secondary N) is 1. The summed E-state index contributed by atoms with van der Waals surface area (Å²) in [6.45, 7) is 0.816. The van der Waals surface area contributed by atoms with Crippen molar-refractivity contribution in [2.45, 2.75) is 31.8 Å². The molecule has 0 saturated carbocycles. The highest BCUT2D eigenvalue weighted by molar-refractivity contribution is 6.35. The number of carbonyl (C=O) groups is 1. The van der Waals surface area contributed by atoms with Crippen molar-refractivity contribution in [1.82, 2.24) is 0 Å². The second kappa shape index (κ2) is 6.41. The lowest BCUT2D eigenvalue weighted by molar-refractivity contribution is -0.116. The van der Waals surface area contributed by atoms with E-state index in [-0.39, 0.29) is 12.0 Å². The largest absolute Gasteiger partial charge is 0.378 e. The molecule has 1 aliphatic rings. The fraction of sp³-hybridized carbons (Fsp3) is 0.462. The molecule has 5 heteroatoms. The van der Waals surface area contributed by atoms with Crippen LogP contribution in [0, 0.1) is 0 Å². The number of ether oxygens (including phenoxy) is 1. The van der Waals surface area contributed by atoms with Crippen molar-refractivity contribution in [3.05, 3.63) is 28.2 Å². The number of anilines is 1. The van der Waals surface area contributed by atoms with Gasteiger partial charge in [0.1, 0.15) is 0 Å². The molecule has 0 aromatic heterocycles. The molecule has 1 saturated heterocycles. The first kappa shape index (κ1) is 13.7. The molecule has 1 heterocycles. The molecule has 1 atom stereocenters. The Kier molecular flexibility index (Phi) is 4.87. The Labute approximate surface area is 116 Å². The highest BCUT2D eigenvalue weighted by Crippen LogP contribution is 2.23. The molecule has 2 rings (SSSR count). The minimum Gasteiger partial charge on any atom is -0.378 e. The van der Waals surface area contributed by atoms with Crippen molar-refractivity contribution in [3.63, 3.8) is 0 Å². The number of halogens is 2. The van der Waals surface area contributed by atoms with Gasteiger partial charge in [-0.2, -0.15) is 0 Å². The summed E-state index contributed by atoms with van der Waals surface area (Å²) in [5.41, 5.74) is 0.629. The van der Waals surface area contributed by atoms with Crippen LogP contribution in [0.2, 0.25) is 10.0 Å². The monoisotopic (exact) mass is 287 g/mol. The molecule has 0 radical (unpaired) electrons. The van der Waals surface area contributed by atoms with Crippen LogP contribution in [0.15, 0.2) is 18.2 Å². The van der Waals surface area contributed by atoms with Crippen molar-refractivity contribution in [3.8, 4) is 0 Å². The average molecular weight is 288 g/mol. The van der Waals surface area contributed by atoms with Gasteiger partial charge in [0.25, 0.3) is 0 Å². The first-order chi connectivity index (χ1) is 8.63. The number of hydrogen-bond acceptors (Lipinski definition) is 2. The quantitative estimate of drug-likeness (QED) is 0.912. The third-order valence-electron chi connectivity index (χ3n) is 2.86. The Bertz CT molecular complexity index is 411. The van der Waals surface area contributed by atoms with E-state index in [1.165, 1.54) is 0 Å². The number of amides is 1. The number of carbonyl (C=O) groups excluding carboxylic acids is 1. The minimum absolute atomic E-state index is 0.0381. The topological polar surface area (TPSA) is 38.3 Å². The minimum atomic E-state index is -0.0381. The predicted octanol–water partition coefficient (Wildman–Crippen LogP) is 3.89. The summed E-state index contributed by atoms with van der Waals surface area (Å²) in [6.07, 6.45) is 3.60. The van der Waals surface area contributed by atoms with E-state index in [2.05, 4.69) is 5.32 Å². The molecule has 0 bridgehead atoms. The second-order valence-electron chi connectivity index (χ2n) is 4.38. The van der Waals surface area contributed by atoms with Crippen molar-refractivity contribution < 1.29 is 9.53 Å². The molecular formula is C13H15Cl2NO2. The smallest absolute Gasteiger partial charge is 0.224 e. The summed E-state index contributed by atoms with van der Waals surface area (Å²) in [4.78, 5) is 11.7. The standard InChI is InChI=1S/C13H15Cl2NO2/c14-9-6-10(15)8-11(7-9)16-13(17)4-3-12-2-1-5-18-12/h6-8,12H,1-5H2,(H,16,17)/t12-/m0/s1. The van der Waals surface area contributed by atoms with Gasteiger partial charge in [0, 0.05) is 28.8 Å². The lowest BCUT2D eigenvalue weighted by Crippen LogP contribution is -2.15. The van der Waals surface area contributed by atoms with Gasteiger partial charge in [-0.25, -0.2) is 0 Å². The van der Waals surface area contributed by atoms with Crippen LogP contribution in [-0.4, -0.2) is 18.6 Å². The molecule has 1 amide bonds. The SMILES string of the molecule is O=C(CC[C@@H]1CCCO1)Nc1cc(Cl)cc(Cl)c1. The van der Waals surface area contributed by atoms with Gasteiger partial charge in [-0.15, -0.1) is 0 Å². The van der Waals surface area contributed by atoms with Gasteiger partial charge in [0.15, 0.2) is 0 Å². The first-order valence-electron chi connectivity index (χ1n) is 6.01. The fourth-order valence-electron chi connectivity index (χ4n) is 2.01. The Morgan fingerprint density at radius 1 is 1.33 bits per heavy atom. The van der Waals surface area contributed by atoms with Gasteiger partial charge in [-0.05, 0) is 37.5 Å². The van der Waals surface area contributed by atoms with Crippen LogP contribution >= 0.6 is 23.2 Å². The van der Waals surface area contributed by atoms with E-state index in [9.17, 15) is 4.79 Å². The fourth-order valence-corrected chi connectivity index (χ4v) is 2.54. The van der Waals surface area contributed by atoms with Crippen LogP contribution in [0.4, 0.5) is 5.69 Å². The third kappa shape index (κ3) is 4.16. The van der Waals surface area contributed by atoms with Crippen molar-refractivity contribution in [1.29, 1.82) is 0 Å². The maximum Gasteiger partial charge on any atom is 0.224 e. The summed E-state index contributed by atoms with van der Waals surface area (Å²) in [5, 5.41) is 3.81. The zero-order valence-electron chi connectivity index (χ0n) is 9.92. The van der Waals surface area contributed by atoms with E-state index in [0.29, 0.717) is 22.2 Å². The summed E-state index contributed by atoms with van der Waals surface area (Å²) in [7, 11) is 0. The van der Waals surface area contributed by atoms with E-state index in [1.54, 1.807) is 18.2 Å². The van der Waals surface area contributed by atoms with Crippen LogP contribution in [-0.2, 0) is 9.53 Å². The summed E-state index contributed by atoms with van der Waals surface area (Å²) in [5.74, 6) is -0.0381. The number of hydrogen-bond donors (Lipinski definition) is 1. The van der Waals surface area contributed by atoms with E-state index >= 15 is 0 Å². The van der Waals surface area contributed by atoms with Gasteiger partial charge in [0.05, 0.1) is 6.10 Å². The van der Waals surface area contributed by atoms with E-state index in [4.69, 9.17) is 27.9 Å². The summed E-state index contributed by atoms with van der Waals surface area (Å²) in [6, 6.07) is 4.99. The molecule has 18 heavy (non-hydrogen) atoms. The maximum atomic E-state index is 11.7. The first-order valence-corrected chi connectivity index (χ1v) is 6.76. The van der Waals surface area contributed by atoms with Gasteiger partial charge < -0.3 is 10.1 Å². The van der Waals surface area contributed by atoms with Gasteiger partial charge in [-0.3, -0.25) is 4.79 Å². The normalized spacial score (nSPS) is 18.9. The Morgan fingerprint density at radius 2 is 2.06 bits per heavy atom. The van der Waals surface area contributed by atoms with Crippen LogP contribution in [0.5, 0.6) is 0 Å². The molecule has 1 N–H and O–H groups in total. The van der Waals surface area contributed by atoms with Gasteiger partial charge >= 0.3 is 0 Å². The highest BCUT2D eigenvalue weighted by atomic mass is 35.5. The molecule has 98 valence electrons. The molecule has 3 nitrogen and oxygen atoms in total. The van der Waals surface area contributed by atoms with Crippen molar-refractivity contribution >= 4 is 34.8 Å². The Hall–Kier alpha value is -0.770. The zero-order valence-corrected chi connectivity index (χ0v) is 11.4. The van der Waals surface area contributed by atoms with Crippen LogP contribution < -0.4 is 5.32 Å². The second-order valence-corrected chi connectivity index (χ2v) is 5.25. The highest BCUT2D eigenvalue weighted by Gasteiger charge is 2.16. The summed E-state index contributed by atoms with van der Waals surface area (Å²) >= 11 is 11.7. The molecule has 1 fully saturated rings. The van der Waals surface area contributed by atoms with Crippen molar-refractivity contribution in [2.24, 2.45) is 0 Å². The van der Waals surface area contributed by atoms with Gasteiger partial charge in [-0.1, -0.05) is 23.2 Å². The van der Waals surface area contributed by atoms with Crippen LogP contribution in [0.3, 0.4) is 0 Å².